The molecule has 0 aliphatic carbocycles. The van der Waals surface area contributed by atoms with Crippen molar-refractivity contribution in [3.63, 3.8) is 0 Å². The first kappa shape index (κ1) is 17.3. The molecule has 0 atom stereocenters. The second-order valence-corrected chi connectivity index (χ2v) is 5.74. The molecular formula is C16H27N3O2. The normalized spacial score (nSPS) is 12.4. The fraction of sp³-hybridized carbons (Fsp3) is 0.562. The molecular weight excluding hydrogens is 266 g/mol. The van der Waals surface area contributed by atoms with E-state index >= 15 is 0 Å². The molecule has 4 N–H and O–H groups in total. The third-order valence-electron chi connectivity index (χ3n) is 3.47. The van der Waals surface area contributed by atoms with Crippen molar-refractivity contribution >= 4 is 5.84 Å². The van der Waals surface area contributed by atoms with Crippen LogP contribution in [0.4, 0.5) is 0 Å². The van der Waals surface area contributed by atoms with Crippen LogP contribution in [0.1, 0.15) is 33.1 Å². The Labute approximate surface area is 127 Å². The number of hydrogen-bond acceptors (Lipinski definition) is 4. The second kappa shape index (κ2) is 9.23. The Bertz CT molecular complexity index is 419. The van der Waals surface area contributed by atoms with Crippen LogP contribution in [0.2, 0.25) is 0 Å². The van der Waals surface area contributed by atoms with Gasteiger partial charge < -0.3 is 21.0 Å². The molecule has 0 bridgehead atoms. The number of nitrogens with one attached hydrogen (secondary N) is 1. The van der Waals surface area contributed by atoms with Crippen LogP contribution in [0.3, 0.4) is 0 Å². The highest BCUT2D eigenvalue weighted by Crippen LogP contribution is 2.21. The molecule has 1 aromatic rings. The van der Waals surface area contributed by atoms with Gasteiger partial charge in [0.2, 0.25) is 0 Å². The number of benzene rings is 1. The average Bonchev–Trinajstić information content (AvgIpc) is 2.50. The van der Waals surface area contributed by atoms with E-state index in [1.807, 2.05) is 44.2 Å². The van der Waals surface area contributed by atoms with Gasteiger partial charge in [-0.1, -0.05) is 37.2 Å². The van der Waals surface area contributed by atoms with E-state index < -0.39 is 0 Å². The Kier molecular flexibility index (Phi) is 7.61. The Morgan fingerprint density at radius 2 is 1.90 bits per heavy atom. The molecule has 5 heteroatoms. The summed E-state index contributed by atoms with van der Waals surface area (Å²) in [6.07, 6.45) is 2.84. The third kappa shape index (κ3) is 6.99. The van der Waals surface area contributed by atoms with E-state index in [1.165, 1.54) is 0 Å². The molecule has 5 nitrogen and oxygen atoms in total. The molecule has 118 valence electrons. The van der Waals surface area contributed by atoms with Gasteiger partial charge in [0.1, 0.15) is 11.6 Å². The topological polar surface area (TPSA) is 79.9 Å². The predicted octanol–water partition coefficient (Wildman–Crippen LogP) is 2.60. The van der Waals surface area contributed by atoms with E-state index in [1.54, 1.807) is 0 Å². The minimum Gasteiger partial charge on any atom is -0.494 e. The Morgan fingerprint density at radius 3 is 2.57 bits per heavy atom. The fourth-order valence-electron chi connectivity index (χ4n) is 1.95. The highest BCUT2D eigenvalue weighted by atomic mass is 16.5. The number of oxime groups is 1. The van der Waals surface area contributed by atoms with Crippen molar-refractivity contribution in [3.05, 3.63) is 30.3 Å². The number of para-hydroxylation sites is 1. The van der Waals surface area contributed by atoms with Crippen LogP contribution in [0.15, 0.2) is 35.5 Å². The minimum absolute atomic E-state index is 0.257. The van der Waals surface area contributed by atoms with Crippen LogP contribution in [0.5, 0.6) is 5.75 Å². The molecule has 0 fully saturated rings. The van der Waals surface area contributed by atoms with Gasteiger partial charge in [-0.2, -0.15) is 0 Å². The average molecular weight is 293 g/mol. The summed E-state index contributed by atoms with van der Waals surface area (Å²) in [4.78, 5) is 0. The van der Waals surface area contributed by atoms with Crippen LogP contribution < -0.4 is 15.8 Å². The van der Waals surface area contributed by atoms with Crippen LogP contribution >= 0.6 is 0 Å². The molecule has 1 rings (SSSR count). The number of hydrogen-bond donors (Lipinski definition) is 3. The Morgan fingerprint density at radius 1 is 1.24 bits per heavy atom. The summed E-state index contributed by atoms with van der Waals surface area (Å²) in [5.41, 5.74) is 5.39. The maximum Gasteiger partial charge on any atom is 0.144 e. The molecule has 0 saturated heterocycles. The molecule has 0 heterocycles. The molecule has 1 aromatic carbocycles. The van der Waals surface area contributed by atoms with Crippen molar-refractivity contribution in [2.75, 3.05) is 19.7 Å². The SMILES string of the molecule is CC(C)(CCCNCCCOc1ccccc1)C(N)=NO. The summed E-state index contributed by atoms with van der Waals surface area (Å²) in [5, 5.41) is 15.2. The third-order valence-corrected chi connectivity index (χ3v) is 3.47. The van der Waals surface area contributed by atoms with Crippen molar-refractivity contribution in [1.29, 1.82) is 0 Å². The maximum atomic E-state index is 8.70. The van der Waals surface area contributed by atoms with Crippen molar-refractivity contribution in [2.45, 2.75) is 33.1 Å². The Hall–Kier alpha value is -1.75. The summed E-state index contributed by atoms with van der Waals surface area (Å²) < 4.78 is 5.61. The van der Waals surface area contributed by atoms with Crippen LogP contribution in [-0.4, -0.2) is 30.7 Å². The summed E-state index contributed by atoms with van der Waals surface area (Å²) in [6, 6.07) is 9.84. The summed E-state index contributed by atoms with van der Waals surface area (Å²) in [7, 11) is 0. The molecule has 0 spiro atoms. The minimum atomic E-state index is -0.257. The standard InChI is InChI=1S/C16H27N3O2/c1-16(2,15(17)19-20)10-6-11-18-12-7-13-21-14-8-4-3-5-9-14/h3-5,8-9,18,20H,6-7,10-13H2,1-2H3,(H2,17,19). The van der Waals surface area contributed by atoms with Crippen molar-refractivity contribution in [2.24, 2.45) is 16.3 Å². The van der Waals surface area contributed by atoms with Crippen LogP contribution in [0, 0.1) is 5.41 Å². The lowest BCUT2D eigenvalue weighted by molar-refractivity contribution is 0.302. The molecule has 0 unspecified atom stereocenters. The van der Waals surface area contributed by atoms with Gasteiger partial charge in [0.15, 0.2) is 0 Å². The zero-order valence-corrected chi connectivity index (χ0v) is 13.0. The van der Waals surface area contributed by atoms with E-state index in [0.29, 0.717) is 12.4 Å². The maximum absolute atomic E-state index is 8.70. The van der Waals surface area contributed by atoms with Crippen LogP contribution in [-0.2, 0) is 0 Å². The summed E-state index contributed by atoms with van der Waals surface area (Å²) in [5.74, 6) is 1.21. The molecule has 0 saturated carbocycles. The van der Waals surface area contributed by atoms with E-state index in [9.17, 15) is 0 Å². The van der Waals surface area contributed by atoms with Gasteiger partial charge in [0.25, 0.3) is 0 Å². The number of ether oxygens (including phenoxy) is 1. The molecule has 0 amide bonds. The van der Waals surface area contributed by atoms with Gasteiger partial charge in [-0.15, -0.1) is 0 Å². The largest absolute Gasteiger partial charge is 0.494 e. The zero-order chi connectivity index (χ0) is 15.6. The lowest BCUT2D eigenvalue weighted by Gasteiger charge is -2.22. The molecule has 0 aliphatic heterocycles. The van der Waals surface area contributed by atoms with Crippen molar-refractivity contribution in [1.82, 2.24) is 5.32 Å². The first-order chi connectivity index (χ1) is 10.1. The smallest absolute Gasteiger partial charge is 0.144 e. The van der Waals surface area contributed by atoms with Gasteiger partial charge in [0.05, 0.1) is 6.61 Å². The van der Waals surface area contributed by atoms with E-state index in [4.69, 9.17) is 15.7 Å². The van der Waals surface area contributed by atoms with E-state index in [2.05, 4.69) is 10.5 Å². The lowest BCUT2D eigenvalue weighted by Crippen LogP contribution is -2.32. The number of amidine groups is 1. The molecule has 0 aromatic heterocycles. The first-order valence-corrected chi connectivity index (χ1v) is 7.43. The lowest BCUT2D eigenvalue weighted by atomic mass is 9.86. The summed E-state index contributed by atoms with van der Waals surface area (Å²) >= 11 is 0. The van der Waals surface area contributed by atoms with E-state index in [0.717, 1.165) is 38.1 Å². The number of nitrogens with two attached hydrogens (primary N) is 1. The predicted molar refractivity (Wildman–Crippen MR) is 85.8 cm³/mol. The number of nitrogens with zero attached hydrogens (tertiary/aromatic N) is 1. The van der Waals surface area contributed by atoms with Gasteiger partial charge in [0, 0.05) is 5.41 Å². The highest BCUT2D eigenvalue weighted by molar-refractivity contribution is 5.85. The van der Waals surface area contributed by atoms with Crippen molar-refractivity contribution < 1.29 is 9.94 Å². The van der Waals surface area contributed by atoms with Crippen molar-refractivity contribution in [3.8, 4) is 5.75 Å². The molecule has 0 radical (unpaired) electrons. The fourth-order valence-corrected chi connectivity index (χ4v) is 1.95. The van der Waals surface area contributed by atoms with E-state index in [-0.39, 0.29) is 5.41 Å². The first-order valence-electron chi connectivity index (χ1n) is 7.43. The van der Waals surface area contributed by atoms with Gasteiger partial charge in [-0.3, -0.25) is 0 Å². The summed E-state index contributed by atoms with van der Waals surface area (Å²) in [6.45, 7) is 6.53. The molecule has 21 heavy (non-hydrogen) atoms. The quantitative estimate of drug-likeness (QED) is 0.204. The van der Waals surface area contributed by atoms with Crippen LogP contribution in [0.25, 0.3) is 0 Å². The van der Waals surface area contributed by atoms with Gasteiger partial charge in [-0.05, 0) is 44.5 Å². The zero-order valence-electron chi connectivity index (χ0n) is 13.0. The van der Waals surface area contributed by atoms with Gasteiger partial charge in [-0.25, -0.2) is 0 Å². The Balaban J connectivity index is 2.00. The monoisotopic (exact) mass is 293 g/mol. The molecule has 0 aliphatic rings. The van der Waals surface area contributed by atoms with Gasteiger partial charge >= 0.3 is 0 Å². The highest BCUT2D eigenvalue weighted by Gasteiger charge is 2.22. The number of rotatable bonds is 10. The second-order valence-electron chi connectivity index (χ2n) is 5.74.